The smallest absolute Gasteiger partial charge is 0.343 e. The summed E-state index contributed by atoms with van der Waals surface area (Å²) in [6.07, 6.45) is -0.901. The van der Waals surface area contributed by atoms with Crippen LogP contribution >= 0.6 is 0 Å². The molecule has 0 bridgehead atoms. The van der Waals surface area contributed by atoms with Crippen LogP contribution in [0.25, 0.3) is 0 Å². The zero-order valence-electron chi connectivity index (χ0n) is 18.8. The van der Waals surface area contributed by atoms with E-state index in [4.69, 9.17) is 26.1 Å². The molecule has 0 heterocycles. The van der Waals surface area contributed by atoms with Gasteiger partial charge in [0.25, 0.3) is 10.2 Å². The molecule has 7 N–H and O–H groups in total. The molecular formula is C21H25N5O8S. The molecule has 0 saturated heterocycles. The van der Waals surface area contributed by atoms with Crippen LogP contribution in [0, 0.1) is 12.3 Å². The summed E-state index contributed by atoms with van der Waals surface area (Å²) in [6, 6.07) is 8.87. The number of carbonyl (C=O) groups excluding carboxylic acids is 1. The Morgan fingerprint density at radius 1 is 1.14 bits per heavy atom. The minimum absolute atomic E-state index is 0.205. The second-order valence-electron chi connectivity index (χ2n) is 7.40. The van der Waals surface area contributed by atoms with Gasteiger partial charge >= 0.3 is 17.9 Å². The molecule has 0 aromatic heterocycles. The van der Waals surface area contributed by atoms with Crippen molar-refractivity contribution in [3.05, 3.63) is 59.2 Å². The Morgan fingerprint density at radius 3 is 2.29 bits per heavy atom. The number of aliphatic carboxylic acids is 2. The monoisotopic (exact) mass is 507 g/mol. The Morgan fingerprint density at radius 2 is 1.77 bits per heavy atom. The number of ether oxygens (including phenoxy) is 1. The van der Waals surface area contributed by atoms with Crippen LogP contribution in [0.1, 0.15) is 27.9 Å². The number of benzene rings is 2. The van der Waals surface area contributed by atoms with Gasteiger partial charge in [-0.2, -0.15) is 17.4 Å². The first-order valence-corrected chi connectivity index (χ1v) is 11.4. The van der Waals surface area contributed by atoms with Crippen molar-refractivity contribution in [1.29, 1.82) is 5.41 Å². The Balaban J connectivity index is 2.02. The molecule has 35 heavy (non-hydrogen) atoms. The SMILES string of the molecule is Cc1cc(NC(=N)N)ccc1C(=O)Oc1ccc(CNS(=O)(=O)N(C)[C@@H](CC(=O)O)C(=O)O)cc1. The van der Waals surface area contributed by atoms with E-state index in [0.29, 0.717) is 26.7 Å². The molecule has 0 unspecified atom stereocenters. The molecule has 0 aliphatic carbocycles. The minimum atomic E-state index is -4.30. The Hall–Kier alpha value is -4.01. The van der Waals surface area contributed by atoms with Crippen molar-refractivity contribution in [2.75, 3.05) is 12.4 Å². The highest BCUT2D eigenvalue weighted by Crippen LogP contribution is 2.19. The maximum Gasteiger partial charge on any atom is 0.343 e. The van der Waals surface area contributed by atoms with Gasteiger partial charge in [0.2, 0.25) is 0 Å². The predicted octanol–water partition coefficient (Wildman–Crippen LogP) is 0.714. The number of anilines is 1. The van der Waals surface area contributed by atoms with Crippen LogP contribution in [0.5, 0.6) is 5.75 Å². The number of nitrogens with one attached hydrogen (secondary N) is 3. The molecule has 2 rings (SSSR count). The lowest BCUT2D eigenvalue weighted by molar-refractivity contribution is -0.147. The number of hydrogen-bond acceptors (Lipinski definition) is 7. The summed E-state index contributed by atoms with van der Waals surface area (Å²) in [5, 5.41) is 27.8. The zero-order valence-corrected chi connectivity index (χ0v) is 19.6. The van der Waals surface area contributed by atoms with E-state index in [-0.39, 0.29) is 18.3 Å². The highest BCUT2D eigenvalue weighted by molar-refractivity contribution is 7.87. The summed E-state index contributed by atoms with van der Waals surface area (Å²) in [4.78, 5) is 34.6. The van der Waals surface area contributed by atoms with Crippen molar-refractivity contribution in [3.8, 4) is 5.75 Å². The van der Waals surface area contributed by atoms with Gasteiger partial charge in [0.15, 0.2) is 5.96 Å². The van der Waals surface area contributed by atoms with Crippen molar-refractivity contribution in [3.63, 3.8) is 0 Å². The fourth-order valence-corrected chi connectivity index (χ4v) is 4.00. The lowest BCUT2D eigenvalue weighted by Gasteiger charge is -2.23. The molecular weight excluding hydrogens is 482 g/mol. The first-order chi connectivity index (χ1) is 16.3. The summed E-state index contributed by atoms with van der Waals surface area (Å²) >= 11 is 0. The third kappa shape index (κ3) is 7.77. The van der Waals surface area contributed by atoms with E-state index in [1.54, 1.807) is 19.1 Å². The molecule has 1 atom stereocenters. The molecule has 0 aliphatic rings. The number of likely N-dealkylation sites (N-methyl/N-ethyl adjacent to an activating group) is 1. The standard InChI is InChI=1S/C21H25N5O8S/c1-12-9-14(25-21(22)23)5-8-16(12)20(31)34-15-6-3-13(4-7-15)11-24-35(32,33)26(2)17(19(29)30)10-18(27)28/h3-9,17,24H,10-11H2,1-2H3,(H,27,28)(H,29,30)(H4,22,23,25)/t17-/m0/s1. The fourth-order valence-electron chi connectivity index (χ4n) is 2.94. The van der Waals surface area contributed by atoms with E-state index in [1.807, 2.05) is 0 Å². The van der Waals surface area contributed by atoms with Crippen molar-refractivity contribution in [2.45, 2.75) is 25.9 Å². The van der Waals surface area contributed by atoms with E-state index in [9.17, 15) is 22.8 Å². The lowest BCUT2D eigenvalue weighted by atomic mass is 10.1. The second-order valence-corrected chi connectivity index (χ2v) is 9.21. The van der Waals surface area contributed by atoms with E-state index < -0.39 is 40.6 Å². The molecule has 0 saturated carbocycles. The van der Waals surface area contributed by atoms with Gasteiger partial charge in [-0.25, -0.2) is 4.79 Å². The topological polar surface area (TPSA) is 212 Å². The Kier molecular flexibility index (Phi) is 8.88. The largest absolute Gasteiger partial charge is 0.481 e. The average Bonchev–Trinajstić information content (AvgIpc) is 2.75. The molecule has 0 amide bonds. The van der Waals surface area contributed by atoms with Crippen LogP contribution in [-0.2, 0) is 26.3 Å². The first kappa shape index (κ1) is 27.2. The summed E-state index contributed by atoms with van der Waals surface area (Å²) in [5.74, 6) is -3.70. The molecule has 0 spiro atoms. The summed E-state index contributed by atoms with van der Waals surface area (Å²) in [5.41, 5.74) is 7.20. The molecule has 0 aliphatic heterocycles. The number of nitrogens with zero attached hydrogens (tertiary/aromatic N) is 1. The van der Waals surface area contributed by atoms with Crippen molar-refractivity contribution in [1.82, 2.24) is 9.03 Å². The first-order valence-electron chi connectivity index (χ1n) is 10.00. The van der Waals surface area contributed by atoms with Gasteiger partial charge < -0.3 is 26.0 Å². The summed E-state index contributed by atoms with van der Waals surface area (Å²) in [6.45, 7) is 1.48. The van der Waals surface area contributed by atoms with Crippen molar-refractivity contribution < 1.29 is 37.8 Å². The van der Waals surface area contributed by atoms with Crippen LogP contribution < -0.4 is 20.5 Å². The Labute approximate surface area is 201 Å². The van der Waals surface area contributed by atoms with Gasteiger partial charge in [-0.1, -0.05) is 12.1 Å². The van der Waals surface area contributed by atoms with Crippen LogP contribution in [0.2, 0.25) is 0 Å². The van der Waals surface area contributed by atoms with Crippen LogP contribution in [0.4, 0.5) is 5.69 Å². The van der Waals surface area contributed by atoms with Crippen molar-refractivity contribution >= 4 is 39.8 Å². The molecule has 13 nitrogen and oxygen atoms in total. The molecule has 0 radical (unpaired) electrons. The molecule has 2 aromatic rings. The number of rotatable bonds is 11. The molecule has 188 valence electrons. The van der Waals surface area contributed by atoms with Crippen LogP contribution in [0.15, 0.2) is 42.5 Å². The van der Waals surface area contributed by atoms with Crippen LogP contribution in [0.3, 0.4) is 0 Å². The van der Waals surface area contributed by atoms with Gasteiger partial charge in [-0.3, -0.25) is 15.0 Å². The summed E-state index contributed by atoms with van der Waals surface area (Å²) < 4.78 is 32.7. The minimum Gasteiger partial charge on any atom is -0.481 e. The van der Waals surface area contributed by atoms with E-state index >= 15 is 0 Å². The quantitative estimate of drug-likeness (QED) is 0.108. The normalized spacial score (nSPS) is 12.1. The number of hydrogen-bond donors (Lipinski definition) is 6. The molecule has 14 heteroatoms. The van der Waals surface area contributed by atoms with Gasteiger partial charge in [0.1, 0.15) is 11.8 Å². The van der Waals surface area contributed by atoms with Crippen molar-refractivity contribution in [2.24, 2.45) is 5.73 Å². The van der Waals surface area contributed by atoms with Gasteiger partial charge in [0, 0.05) is 19.3 Å². The number of carbonyl (C=O) groups is 3. The van der Waals surface area contributed by atoms with E-state index in [1.165, 1.54) is 30.3 Å². The number of carboxylic acids is 2. The number of esters is 1. The van der Waals surface area contributed by atoms with Gasteiger partial charge in [-0.05, 0) is 48.4 Å². The third-order valence-corrected chi connectivity index (χ3v) is 6.31. The number of nitrogens with two attached hydrogens (primary N) is 1. The highest BCUT2D eigenvalue weighted by atomic mass is 32.2. The number of aryl methyl sites for hydroxylation is 1. The van der Waals surface area contributed by atoms with E-state index in [2.05, 4.69) is 10.0 Å². The Bertz CT molecular complexity index is 1230. The van der Waals surface area contributed by atoms with Crippen LogP contribution in [-0.4, -0.2) is 59.9 Å². The highest BCUT2D eigenvalue weighted by Gasteiger charge is 2.33. The predicted molar refractivity (Wildman–Crippen MR) is 125 cm³/mol. The lowest BCUT2D eigenvalue weighted by Crippen LogP contribution is -2.48. The van der Waals surface area contributed by atoms with Gasteiger partial charge in [0.05, 0.1) is 12.0 Å². The summed E-state index contributed by atoms with van der Waals surface area (Å²) in [7, 11) is -3.33. The van der Waals surface area contributed by atoms with Gasteiger partial charge in [-0.15, -0.1) is 0 Å². The molecule has 0 fully saturated rings. The number of carboxylic acid groups (broad SMARTS) is 2. The molecule has 2 aromatic carbocycles. The number of guanidine groups is 1. The third-order valence-electron chi connectivity index (χ3n) is 4.79. The maximum absolute atomic E-state index is 12.5. The zero-order chi connectivity index (χ0) is 26.3. The fraction of sp³-hybridized carbons (Fsp3) is 0.238. The van der Waals surface area contributed by atoms with E-state index in [0.717, 1.165) is 7.05 Å². The maximum atomic E-state index is 12.5. The second kappa shape index (κ2) is 11.4. The average molecular weight is 508 g/mol.